The number of hydrogen-bond acceptors (Lipinski definition) is 7. The smallest absolute Gasteiger partial charge is 0.326 e. The number of hydrogen-bond donors (Lipinski definition) is 8. The molecule has 0 aliphatic heterocycles. The highest BCUT2D eigenvalue weighted by Crippen LogP contribution is 2.10. The van der Waals surface area contributed by atoms with Gasteiger partial charge < -0.3 is 38.3 Å². The number of guanidine groups is 1. The number of rotatable bonds is 14. The molecule has 5 atom stereocenters. The molecule has 0 aromatic carbocycles. The standard InChI is InChI=1S/C18H35N7O5S/c1-4-9(2)13(25-15(27)12(8-31)24-14(26)10(3)19)16(28)23-11(17(29)30)6-5-7-22-18(20)21/h9-13,31H,4-8,19H2,1-3H3,(H,23,28)(H,24,26)(H,25,27)(H,29,30)(H4,20,21,22). The van der Waals surface area contributed by atoms with Crippen molar-refractivity contribution in [3.05, 3.63) is 0 Å². The molecule has 0 heterocycles. The molecule has 0 aromatic heterocycles. The molecule has 5 unspecified atom stereocenters. The second-order valence-electron chi connectivity index (χ2n) is 7.25. The summed E-state index contributed by atoms with van der Waals surface area (Å²) in [6.07, 6.45) is 0.974. The van der Waals surface area contributed by atoms with Crippen molar-refractivity contribution < 1.29 is 24.3 Å². The summed E-state index contributed by atoms with van der Waals surface area (Å²) in [4.78, 5) is 52.5. The predicted molar refractivity (Wildman–Crippen MR) is 120 cm³/mol. The number of aliphatic carboxylic acids is 1. The van der Waals surface area contributed by atoms with Crippen LogP contribution in [0.25, 0.3) is 0 Å². The van der Waals surface area contributed by atoms with E-state index in [1.54, 1.807) is 6.92 Å². The number of carbonyl (C=O) groups excluding carboxylic acids is 3. The van der Waals surface area contributed by atoms with Crippen LogP contribution in [0.3, 0.4) is 0 Å². The van der Waals surface area contributed by atoms with Crippen molar-refractivity contribution in [2.24, 2.45) is 28.1 Å². The third-order valence-corrected chi connectivity index (χ3v) is 4.95. The second kappa shape index (κ2) is 14.5. The maximum atomic E-state index is 12.8. The molecule has 0 spiro atoms. The fourth-order valence-electron chi connectivity index (χ4n) is 2.48. The van der Waals surface area contributed by atoms with Gasteiger partial charge in [-0.1, -0.05) is 20.3 Å². The maximum Gasteiger partial charge on any atom is 0.326 e. The predicted octanol–water partition coefficient (Wildman–Crippen LogP) is -2.10. The fraction of sp³-hybridized carbons (Fsp3) is 0.722. The Labute approximate surface area is 187 Å². The summed E-state index contributed by atoms with van der Waals surface area (Å²) in [5.74, 6) is -3.44. The first kappa shape index (κ1) is 28.5. The molecule has 0 rings (SSSR count). The Bertz CT molecular complexity index is 655. The lowest BCUT2D eigenvalue weighted by molar-refractivity contribution is -0.142. The van der Waals surface area contributed by atoms with Gasteiger partial charge in [-0.05, 0) is 25.7 Å². The van der Waals surface area contributed by atoms with Gasteiger partial charge in [0, 0.05) is 12.3 Å². The molecule has 0 bridgehead atoms. The van der Waals surface area contributed by atoms with Gasteiger partial charge in [0.2, 0.25) is 17.7 Å². The van der Waals surface area contributed by atoms with Crippen LogP contribution in [0.4, 0.5) is 0 Å². The fourth-order valence-corrected chi connectivity index (χ4v) is 2.73. The Morgan fingerprint density at radius 2 is 1.58 bits per heavy atom. The minimum Gasteiger partial charge on any atom is -0.480 e. The van der Waals surface area contributed by atoms with E-state index in [4.69, 9.17) is 17.2 Å². The minimum absolute atomic E-state index is 0.0122. The highest BCUT2D eigenvalue weighted by atomic mass is 32.1. The van der Waals surface area contributed by atoms with Crippen LogP contribution in [0.2, 0.25) is 0 Å². The molecule has 0 radical (unpaired) electrons. The van der Waals surface area contributed by atoms with Crippen LogP contribution in [0.5, 0.6) is 0 Å². The molecular formula is C18H35N7O5S. The van der Waals surface area contributed by atoms with Crippen molar-refractivity contribution in [1.29, 1.82) is 0 Å². The molecule has 31 heavy (non-hydrogen) atoms. The van der Waals surface area contributed by atoms with Crippen LogP contribution in [0.1, 0.15) is 40.0 Å². The van der Waals surface area contributed by atoms with Gasteiger partial charge in [0.1, 0.15) is 18.1 Å². The van der Waals surface area contributed by atoms with E-state index < -0.39 is 47.9 Å². The molecule has 0 saturated heterocycles. The van der Waals surface area contributed by atoms with E-state index in [1.807, 2.05) is 6.92 Å². The average Bonchev–Trinajstić information content (AvgIpc) is 2.70. The normalized spacial score (nSPS) is 15.5. The van der Waals surface area contributed by atoms with E-state index in [1.165, 1.54) is 6.92 Å². The van der Waals surface area contributed by atoms with Crippen LogP contribution in [0.15, 0.2) is 4.99 Å². The lowest BCUT2D eigenvalue weighted by Crippen LogP contribution is -2.59. The van der Waals surface area contributed by atoms with Crippen molar-refractivity contribution in [2.45, 2.75) is 64.2 Å². The molecule has 10 N–H and O–H groups in total. The monoisotopic (exact) mass is 461 g/mol. The number of carboxylic acid groups (broad SMARTS) is 1. The van der Waals surface area contributed by atoms with E-state index >= 15 is 0 Å². The number of nitrogens with one attached hydrogen (secondary N) is 3. The van der Waals surface area contributed by atoms with Gasteiger partial charge >= 0.3 is 5.97 Å². The Morgan fingerprint density at radius 3 is 2.03 bits per heavy atom. The minimum atomic E-state index is -1.22. The molecule has 13 heteroatoms. The topological polar surface area (TPSA) is 215 Å². The van der Waals surface area contributed by atoms with E-state index in [0.29, 0.717) is 12.8 Å². The van der Waals surface area contributed by atoms with E-state index in [0.717, 1.165) is 0 Å². The average molecular weight is 462 g/mol. The first-order valence-electron chi connectivity index (χ1n) is 10.00. The lowest BCUT2D eigenvalue weighted by atomic mass is 9.97. The highest BCUT2D eigenvalue weighted by Gasteiger charge is 2.32. The summed E-state index contributed by atoms with van der Waals surface area (Å²) in [6.45, 7) is 5.26. The first-order chi connectivity index (χ1) is 14.4. The quantitative estimate of drug-likeness (QED) is 0.0619. The molecular weight excluding hydrogens is 426 g/mol. The Kier molecular flexibility index (Phi) is 13.3. The van der Waals surface area contributed by atoms with Gasteiger partial charge in [-0.15, -0.1) is 0 Å². The van der Waals surface area contributed by atoms with Crippen molar-refractivity contribution >= 4 is 42.3 Å². The number of thiol groups is 1. The molecule has 178 valence electrons. The third-order valence-electron chi connectivity index (χ3n) is 4.58. The Balaban J connectivity index is 5.24. The third kappa shape index (κ3) is 10.9. The Hall–Kier alpha value is -2.54. The highest BCUT2D eigenvalue weighted by molar-refractivity contribution is 7.80. The number of carboxylic acids is 1. The van der Waals surface area contributed by atoms with Crippen LogP contribution in [-0.2, 0) is 19.2 Å². The van der Waals surface area contributed by atoms with Crippen molar-refractivity contribution in [2.75, 3.05) is 12.3 Å². The van der Waals surface area contributed by atoms with Crippen LogP contribution in [0, 0.1) is 5.92 Å². The van der Waals surface area contributed by atoms with E-state index in [9.17, 15) is 24.3 Å². The number of nitrogens with zero attached hydrogens (tertiary/aromatic N) is 1. The number of nitrogens with two attached hydrogens (primary N) is 3. The van der Waals surface area contributed by atoms with Crippen LogP contribution in [-0.4, -0.2) is 71.2 Å². The van der Waals surface area contributed by atoms with Gasteiger partial charge in [0.05, 0.1) is 6.04 Å². The number of aliphatic imine (C=N–C) groups is 1. The SMILES string of the molecule is CCC(C)C(NC(=O)C(CS)NC(=O)C(C)N)C(=O)NC(CCCN=C(N)N)C(=O)O. The zero-order valence-electron chi connectivity index (χ0n) is 18.1. The van der Waals surface area contributed by atoms with Gasteiger partial charge in [-0.25, -0.2) is 4.79 Å². The molecule has 0 aliphatic rings. The molecule has 3 amide bonds. The summed E-state index contributed by atoms with van der Waals surface area (Å²) in [5.41, 5.74) is 16.0. The lowest BCUT2D eigenvalue weighted by Gasteiger charge is -2.27. The molecule has 0 fully saturated rings. The van der Waals surface area contributed by atoms with Gasteiger partial charge in [-0.3, -0.25) is 19.4 Å². The van der Waals surface area contributed by atoms with Crippen molar-refractivity contribution in [3.63, 3.8) is 0 Å². The second-order valence-corrected chi connectivity index (χ2v) is 7.62. The molecule has 0 aromatic rings. The summed E-state index contributed by atoms with van der Waals surface area (Å²) in [7, 11) is 0. The Morgan fingerprint density at radius 1 is 1.00 bits per heavy atom. The maximum absolute atomic E-state index is 12.8. The van der Waals surface area contributed by atoms with Crippen molar-refractivity contribution in [1.82, 2.24) is 16.0 Å². The molecule has 12 nitrogen and oxygen atoms in total. The van der Waals surface area contributed by atoms with Gasteiger partial charge in [0.15, 0.2) is 5.96 Å². The summed E-state index contributed by atoms with van der Waals surface area (Å²) in [6, 6.07) is -4.01. The van der Waals surface area contributed by atoms with Gasteiger partial charge in [-0.2, -0.15) is 12.6 Å². The van der Waals surface area contributed by atoms with Crippen molar-refractivity contribution in [3.8, 4) is 0 Å². The van der Waals surface area contributed by atoms with E-state index in [2.05, 4.69) is 33.6 Å². The zero-order chi connectivity index (χ0) is 24.1. The van der Waals surface area contributed by atoms with Crippen LogP contribution < -0.4 is 33.2 Å². The van der Waals surface area contributed by atoms with Gasteiger partial charge in [0.25, 0.3) is 0 Å². The zero-order valence-corrected chi connectivity index (χ0v) is 19.0. The number of carbonyl (C=O) groups is 4. The largest absolute Gasteiger partial charge is 0.480 e. The molecule has 0 aliphatic carbocycles. The molecule has 0 saturated carbocycles. The number of amides is 3. The summed E-state index contributed by atoms with van der Waals surface area (Å²) >= 11 is 4.07. The van der Waals surface area contributed by atoms with Crippen LogP contribution >= 0.6 is 12.6 Å². The summed E-state index contributed by atoms with van der Waals surface area (Å²) in [5, 5.41) is 16.9. The van der Waals surface area contributed by atoms with E-state index in [-0.39, 0.29) is 30.6 Å². The first-order valence-corrected chi connectivity index (χ1v) is 10.6. The summed E-state index contributed by atoms with van der Waals surface area (Å²) < 4.78 is 0.